The number of hydrogen-bond donors (Lipinski definition) is 0. The normalized spacial score (nSPS) is 18.4. The molecule has 7 aromatic carbocycles. The van der Waals surface area contributed by atoms with Crippen LogP contribution in [0.1, 0.15) is 124 Å². The first-order valence-electron chi connectivity index (χ1n) is 22.6. The van der Waals surface area contributed by atoms with Crippen LogP contribution in [0.25, 0.3) is 33.4 Å². The Kier molecular flexibility index (Phi) is 10.5. The molecule has 0 aliphatic heterocycles. The van der Waals surface area contributed by atoms with E-state index in [0.29, 0.717) is 11.8 Å². The van der Waals surface area contributed by atoms with Crippen LogP contribution < -0.4 is 4.90 Å². The van der Waals surface area contributed by atoms with Crippen LogP contribution in [0.2, 0.25) is 0 Å². The summed E-state index contributed by atoms with van der Waals surface area (Å²) in [5.74, 6) is 1.40. The van der Waals surface area contributed by atoms with Crippen LogP contribution in [0.15, 0.2) is 170 Å². The number of rotatable bonds is 8. The molecule has 0 N–H and O–H groups in total. The van der Waals surface area contributed by atoms with Crippen molar-refractivity contribution in [1.82, 2.24) is 0 Å². The molecule has 0 radical (unpaired) electrons. The fourth-order valence-electron chi connectivity index (χ4n) is 11.0. The summed E-state index contributed by atoms with van der Waals surface area (Å²) in [7, 11) is 0. The lowest BCUT2D eigenvalue weighted by atomic mass is 9.73. The van der Waals surface area contributed by atoms with Crippen LogP contribution in [0, 0.1) is 0 Å². The smallest absolute Gasteiger partial charge is 0.0540 e. The molecule has 0 amide bonds. The standard InChI is InChI=1S/C58H57N/c1-58(49-35-31-46(32-36-49)43-19-9-5-10-20-43)55-25-15-13-24-53(55)54-40-39-51(41-56(54)58)59(57-26-16-14-23-52(57)48-21-11-6-12-22-48)50-37-33-47(34-38-50)45-29-27-44(28-30-45)42-17-7-3-2-4-8-18-42/h6,11-16,21-43H,2-5,7-10,17-20H2,1H3. The Bertz CT molecular complexity index is 2500. The first kappa shape index (κ1) is 37.6. The average Bonchev–Trinajstić information content (AvgIpc) is 3.55. The van der Waals surface area contributed by atoms with Crippen molar-refractivity contribution >= 4 is 17.1 Å². The predicted molar refractivity (Wildman–Crippen MR) is 250 cm³/mol. The third-order valence-electron chi connectivity index (χ3n) is 14.3. The molecule has 7 aromatic rings. The highest BCUT2D eigenvalue weighted by Crippen LogP contribution is 2.54. The molecule has 59 heavy (non-hydrogen) atoms. The largest absolute Gasteiger partial charge is 0.310 e. The first-order chi connectivity index (χ1) is 29.1. The Morgan fingerprint density at radius 2 is 0.881 bits per heavy atom. The highest BCUT2D eigenvalue weighted by atomic mass is 15.1. The molecular weight excluding hydrogens is 711 g/mol. The Morgan fingerprint density at radius 1 is 0.390 bits per heavy atom. The van der Waals surface area contributed by atoms with Gasteiger partial charge in [0.1, 0.15) is 0 Å². The van der Waals surface area contributed by atoms with Crippen molar-refractivity contribution in [1.29, 1.82) is 0 Å². The molecule has 294 valence electrons. The molecule has 0 spiro atoms. The van der Waals surface area contributed by atoms with Crippen molar-refractivity contribution in [2.75, 3.05) is 4.90 Å². The number of fused-ring (bicyclic) bond motifs is 3. The van der Waals surface area contributed by atoms with Crippen LogP contribution in [-0.2, 0) is 5.41 Å². The van der Waals surface area contributed by atoms with Crippen molar-refractivity contribution in [3.63, 3.8) is 0 Å². The van der Waals surface area contributed by atoms with Crippen LogP contribution in [-0.4, -0.2) is 0 Å². The summed E-state index contributed by atoms with van der Waals surface area (Å²) in [4.78, 5) is 2.49. The molecule has 1 nitrogen and oxygen atoms in total. The maximum Gasteiger partial charge on any atom is 0.0540 e. The van der Waals surface area contributed by atoms with Gasteiger partial charge in [0.15, 0.2) is 0 Å². The van der Waals surface area contributed by atoms with Gasteiger partial charge in [0.2, 0.25) is 0 Å². The van der Waals surface area contributed by atoms with Gasteiger partial charge in [0.25, 0.3) is 0 Å². The van der Waals surface area contributed by atoms with Gasteiger partial charge in [-0.05, 0) is 130 Å². The SMILES string of the molecule is CC1(c2ccc(C3CCCCC3)cc2)c2ccccc2-c2ccc(N(c3ccc(-c4ccc(C5CCCCCCC5)cc4)cc3)c3ccccc3-c3ccccc3)cc21. The molecule has 1 unspecified atom stereocenters. The molecule has 3 aliphatic rings. The van der Waals surface area contributed by atoms with E-state index in [1.807, 2.05) is 0 Å². The Balaban J connectivity index is 1.05. The summed E-state index contributed by atoms with van der Waals surface area (Å²) in [5.41, 5.74) is 18.0. The Labute approximate surface area is 352 Å². The first-order valence-corrected chi connectivity index (χ1v) is 22.6. The van der Waals surface area contributed by atoms with E-state index >= 15 is 0 Å². The van der Waals surface area contributed by atoms with E-state index in [4.69, 9.17) is 0 Å². The molecule has 1 atom stereocenters. The highest BCUT2D eigenvalue weighted by molar-refractivity contribution is 5.91. The van der Waals surface area contributed by atoms with Crippen molar-refractivity contribution in [2.24, 2.45) is 0 Å². The van der Waals surface area contributed by atoms with Gasteiger partial charge >= 0.3 is 0 Å². The molecule has 2 saturated carbocycles. The van der Waals surface area contributed by atoms with Gasteiger partial charge in [-0.3, -0.25) is 0 Å². The summed E-state index contributed by atoms with van der Waals surface area (Å²) < 4.78 is 0. The van der Waals surface area contributed by atoms with E-state index in [-0.39, 0.29) is 5.41 Å². The lowest BCUT2D eigenvalue weighted by molar-refractivity contribution is 0.443. The predicted octanol–water partition coefficient (Wildman–Crippen LogP) is 16.7. The summed E-state index contributed by atoms with van der Waals surface area (Å²) >= 11 is 0. The monoisotopic (exact) mass is 767 g/mol. The topological polar surface area (TPSA) is 3.24 Å². The van der Waals surface area contributed by atoms with Crippen molar-refractivity contribution in [2.45, 2.75) is 101 Å². The maximum absolute atomic E-state index is 2.49. The Hall–Kier alpha value is -5.66. The second-order valence-corrected chi connectivity index (χ2v) is 17.8. The fraction of sp³-hybridized carbons (Fsp3) is 0.276. The van der Waals surface area contributed by atoms with E-state index < -0.39 is 0 Å². The van der Waals surface area contributed by atoms with Gasteiger partial charge in [-0.2, -0.15) is 0 Å². The van der Waals surface area contributed by atoms with Gasteiger partial charge in [-0.1, -0.05) is 191 Å². The maximum atomic E-state index is 2.49. The van der Waals surface area contributed by atoms with E-state index in [9.17, 15) is 0 Å². The lowest BCUT2D eigenvalue weighted by Crippen LogP contribution is -2.23. The molecule has 0 aromatic heterocycles. The van der Waals surface area contributed by atoms with Crippen LogP contribution >= 0.6 is 0 Å². The van der Waals surface area contributed by atoms with Crippen molar-refractivity contribution in [3.8, 4) is 33.4 Å². The molecule has 2 fully saturated rings. The summed E-state index contributed by atoms with van der Waals surface area (Å²) in [6.07, 6.45) is 16.3. The van der Waals surface area contributed by atoms with Crippen LogP contribution in [0.3, 0.4) is 0 Å². The quantitative estimate of drug-likeness (QED) is 0.149. The van der Waals surface area contributed by atoms with Crippen molar-refractivity contribution in [3.05, 3.63) is 198 Å². The minimum absolute atomic E-state index is 0.288. The lowest BCUT2D eigenvalue weighted by Gasteiger charge is -2.32. The number of para-hydroxylation sites is 1. The van der Waals surface area contributed by atoms with E-state index in [1.165, 1.54) is 150 Å². The number of benzene rings is 7. The minimum atomic E-state index is -0.288. The van der Waals surface area contributed by atoms with Crippen molar-refractivity contribution < 1.29 is 0 Å². The summed E-state index contributed by atoms with van der Waals surface area (Å²) in [5, 5.41) is 0. The second-order valence-electron chi connectivity index (χ2n) is 17.8. The third kappa shape index (κ3) is 7.24. The van der Waals surface area contributed by atoms with Crippen LogP contribution in [0.4, 0.5) is 17.1 Å². The molecule has 10 rings (SSSR count). The number of anilines is 3. The fourth-order valence-corrected chi connectivity index (χ4v) is 11.0. The van der Waals surface area contributed by atoms with Gasteiger partial charge in [-0.15, -0.1) is 0 Å². The third-order valence-corrected chi connectivity index (χ3v) is 14.3. The zero-order valence-electron chi connectivity index (χ0n) is 34.8. The Morgan fingerprint density at radius 3 is 1.54 bits per heavy atom. The molecular formula is C58H57N. The molecule has 0 saturated heterocycles. The highest BCUT2D eigenvalue weighted by Gasteiger charge is 2.41. The van der Waals surface area contributed by atoms with E-state index in [2.05, 4.69) is 182 Å². The summed E-state index contributed by atoms with van der Waals surface area (Å²) in [6, 6.07) is 64.6. The minimum Gasteiger partial charge on any atom is -0.310 e. The van der Waals surface area contributed by atoms with Gasteiger partial charge in [0, 0.05) is 22.4 Å². The summed E-state index contributed by atoms with van der Waals surface area (Å²) in [6.45, 7) is 2.45. The number of hydrogen-bond acceptors (Lipinski definition) is 1. The average molecular weight is 768 g/mol. The van der Waals surface area contributed by atoms with Gasteiger partial charge < -0.3 is 4.90 Å². The molecule has 0 heterocycles. The van der Waals surface area contributed by atoms with Gasteiger partial charge in [-0.25, -0.2) is 0 Å². The van der Waals surface area contributed by atoms with E-state index in [1.54, 1.807) is 0 Å². The zero-order chi connectivity index (χ0) is 39.6. The molecule has 1 heteroatoms. The zero-order valence-corrected chi connectivity index (χ0v) is 34.8. The molecule has 0 bridgehead atoms. The van der Waals surface area contributed by atoms with Crippen LogP contribution in [0.5, 0.6) is 0 Å². The molecule has 3 aliphatic carbocycles. The number of nitrogens with zero attached hydrogens (tertiary/aromatic N) is 1. The van der Waals surface area contributed by atoms with E-state index in [0.717, 1.165) is 5.69 Å². The van der Waals surface area contributed by atoms with Gasteiger partial charge in [0.05, 0.1) is 5.69 Å². The second kappa shape index (κ2) is 16.5.